The molecule has 3 rings (SSSR count). The number of aryl methyl sites for hydroxylation is 1. The van der Waals surface area contributed by atoms with Crippen LogP contribution in [-0.2, 0) is 11.2 Å². The van der Waals surface area contributed by atoms with Gasteiger partial charge in [-0.05, 0) is 42.3 Å². The molecule has 0 fully saturated rings. The Hall–Kier alpha value is -2.27. The summed E-state index contributed by atoms with van der Waals surface area (Å²) in [6.07, 6.45) is 1.16. The molecule has 0 aromatic heterocycles. The van der Waals surface area contributed by atoms with Gasteiger partial charge < -0.3 is 10.1 Å². The Bertz CT molecular complexity index is 758. The molecule has 0 bridgehead atoms. The van der Waals surface area contributed by atoms with Gasteiger partial charge in [-0.1, -0.05) is 12.1 Å². The van der Waals surface area contributed by atoms with Crippen molar-refractivity contribution in [2.24, 2.45) is 0 Å². The molecule has 1 aliphatic heterocycles. The zero-order chi connectivity index (χ0) is 16.2. The minimum Gasteiger partial charge on any atom is -0.496 e. The second-order valence-electron chi connectivity index (χ2n) is 5.28. The summed E-state index contributed by atoms with van der Waals surface area (Å²) in [6.45, 7) is 0. The number of Topliss-reactive ketones (excluding diaryl/α,β-unsaturated/α-hetero) is 1. The lowest BCUT2D eigenvalue weighted by atomic mass is 9.99. The maximum absolute atomic E-state index is 12.4. The van der Waals surface area contributed by atoms with Crippen LogP contribution in [0.1, 0.15) is 22.3 Å². The van der Waals surface area contributed by atoms with Crippen LogP contribution in [-0.4, -0.2) is 24.6 Å². The third kappa shape index (κ3) is 3.56. The molecule has 2 aromatic rings. The molecule has 0 radical (unpaired) electrons. The largest absolute Gasteiger partial charge is 0.496 e. The number of fused-ring (bicyclic) bond motifs is 1. The number of anilines is 1. The van der Waals surface area contributed by atoms with Gasteiger partial charge in [-0.3, -0.25) is 9.59 Å². The van der Waals surface area contributed by atoms with Crippen LogP contribution < -0.4 is 10.1 Å². The number of carbonyl (C=O) groups excluding carboxylic acids is 2. The van der Waals surface area contributed by atoms with E-state index in [4.69, 9.17) is 4.74 Å². The van der Waals surface area contributed by atoms with Crippen LogP contribution >= 0.6 is 11.8 Å². The molecule has 1 N–H and O–H groups in total. The predicted molar refractivity (Wildman–Crippen MR) is 91.4 cm³/mol. The van der Waals surface area contributed by atoms with Gasteiger partial charge in [-0.15, -0.1) is 11.8 Å². The number of hydrogen-bond acceptors (Lipinski definition) is 4. The number of para-hydroxylation sites is 1. The number of amides is 1. The number of hydrogen-bond donors (Lipinski definition) is 1. The summed E-state index contributed by atoms with van der Waals surface area (Å²) in [7, 11) is 1.62. The molecule has 1 heterocycles. The van der Waals surface area contributed by atoms with Gasteiger partial charge in [-0.25, -0.2) is 0 Å². The van der Waals surface area contributed by atoms with Crippen LogP contribution in [0.2, 0.25) is 0 Å². The van der Waals surface area contributed by atoms with Crippen molar-refractivity contribution in [3.05, 3.63) is 53.6 Å². The fourth-order valence-electron chi connectivity index (χ4n) is 2.52. The van der Waals surface area contributed by atoms with E-state index in [-0.39, 0.29) is 11.7 Å². The quantitative estimate of drug-likeness (QED) is 0.674. The lowest BCUT2D eigenvalue weighted by Crippen LogP contribution is -2.19. The fraction of sp³-hybridized carbons (Fsp3) is 0.222. The molecule has 118 valence electrons. The highest BCUT2D eigenvalue weighted by Gasteiger charge is 2.17. The molecule has 1 aliphatic rings. The zero-order valence-electron chi connectivity index (χ0n) is 12.8. The first-order valence-electron chi connectivity index (χ1n) is 7.39. The summed E-state index contributed by atoms with van der Waals surface area (Å²) < 4.78 is 5.30. The van der Waals surface area contributed by atoms with E-state index in [0.29, 0.717) is 24.2 Å². The van der Waals surface area contributed by atoms with Crippen LogP contribution in [0.3, 0.4) is 0 Å². The number of rotatable bonds is 5. The van der Waals surface area contributed by atoms with E-state index in [0.717, 1.165) is 21.9 Å². The van der Waals surface area contributed by atoms with Crippen LogP contribution in [0.5, 0.6) is 5.75 Å². The van der Waals surface area contributed by atoms with Gasteiger partial charge in [0.2, 0.25) is 5.91 Å². The van der Waals surface area contributed by atoms with Gasteiger partial charge in [0.05, 0.1) is 12.9 Å². The summed E-state index contributed by atoms with van der Waals surface area (Å²) >= 11 is 1.47. The number of nitrogens with one attached hydrogen (secondary N) is 1. The van der Waals surface area contributed by atoms with E-state index in [1.165, 1.54) is 11.8 Å². The Kier molecular flexibility index (Phi) is 4.67. The van der Waals surface area contributed by atoms with Crippen molar-refractivity contribution in [3.63, 3.8) is 0 Å². The number of thioether (sulfide) groups is 1. The highest BCUT2D eigenvalue weighted by molar-refractivity contribution is 8.00. The molecule has 2 aromatic carbocycles. The van der Waals surface area contributed by atoms with Crippen LogP contribution in [0.4, 0.5) is 5.69 Å². The minimum absolute atomic E-state index is 0.0308. The van der Waals surface area contributed by atoms with Crippen LogP contribution in [0, 0.1) is 0 Å². The summed E-state index contributed by atoms with van der Waals surface area (Å²) in [5.74, 6) is 1.23. The van der Waals surface area contributed by atoms with Gasteiger partial charge in [-0.2, -0.15) is 0 Å². The second-order valence-corrected chi connectivity index (χ2v) is 6.30. The van der Waals surface area contributed by atoms with Gasteiger partial charge in [0.1, 0.15) is 5.75 Å². The van der Waals surface area contributed by atoms with E-state index in [2.05, 4.69) is 5.32 Å². The third-order valence-electron chi connectivity index (χ3n) is 3.75. The predicted octanol–water partition coefficient (Wildman–Crippen LogP) is 3.55. The summed E-state index contributed by atoms with van der Waals surface area (Å²) in [4.78, 5) is 24.7. The number of methoxy groups -OCH3 is 1. The molecule has 1 amide bonds. The maximum atomic E-state index is 12.4. The Morgan fingerprint density at radius 1 is 1.22 bits per heavy atom. The maximum Gasteiger partial charge on any atom is 0.224 e. The minimum atomic E-state index is 0.0308. The van der Waals surface area contributed by atoms with E-state index >= 15 is 0 Å². The molecule has 0 atom stereocenters. The summed E-state index contributed by atoms with van der Waals surface area (Å²) in [6, 6.07) is 13.1. The van der Waals surface area contributed by atoms with Gasteiger partial charge >= 0.3 is 0 Å². The molecular formula is C18H17NO3S. The van der Waals surface area contributed by atoms with Crippen LogP contribution in [0.25, 0.3) is 0 Å². The van der Waals surface area contributed by atoms with Crippen molar-refractivity contribution in [3.8, 4) is 5.75 Å². The van der Waals surface area contributed by atoms with Crippen molar-refractivity contribution in [1.82, 2.24) is 0 Å². The number of ether oxygens (including phenoxy) is 1. The topological polar surface area (TPSA) is 55.4 Å². The first-order chi connectivity index (χ1) is 11.2. The van der Waals surface area contributed by atoms with Crippen molar-refractivity contribution in [2.75, 3.05) is 18.2 Å². The molecule has 0 unspecified atom stereocenters. The first kappa shape index (κ1) is 15.6. The summed E-state index contributed by atoms with van der Waals surface area (Å²) in [5, 5.41) is 2.83. The van der Waals surface area contributed by atoms with Gasteiger partial charge in [0.25, 0.3) is 0 Å². The Morgan fingerprint density at radius 2 is 2.04 bits per heavy atom. The molecular weight excluding hydrogens is 310 g/mol. The number of carbonyl (C=O) groups is 2. The van der Waals surface area contributed by atoms with Gasteiger partial charge in [0.15, 0.2) is 5.78 Å². The Labute approximate surface area is 139 Å². The van der Waals surface area contributed by atoms with Crippen molar-refractivity contribution in [2.45, 2.75) is 17.7 Å². The molecule has 23 heavy (non-hydrogen) atoms. The monoisotopic (exact) mass is 327 g/mol. The van der Waals surface area contributed by atoms with Crippen molar-refractivity contribution in [1.29, 1.82) is 0 Å². The van der Waals surface area contributed by atoms with E-state index in [1.807, 2.05) is 36.4 Å². The molecule has 0 saturated heterocycles. The first-order valence-corrected chi connectivity index (χ1v) is 8.38. The van der Waals surface area contributed by atoms with Crippen molar-refractivity contribution >= 4 is 29.1 Å². The highest BCUT2D eigenvalue weighted by atomic mass is 32.2. The Balaban J connectivity index is 1.70. The average molecular weight is 327 g/mol. The van der Waals surface area contributed by atoms with Crippen LogP contribution in [0.15, 0.2) is 47.4 Å². The number of ketones is 1. The third-order valence-corrected chi connectivity index (χ3v) is 4.81. The second kappa shape index (κ2) is 6.87. The lowest BCUT2D eigenvalue weighted by molar-refractivity contribution is -0.116. The molecule has 0 spiro atoms. The number of benzene rings is 2. The molecule has 0 saturated carbocycles. The highest BCUT2D eigenvalue weighted by Crippen LogP contribution is 2.30. The normalized spacial score (nSPS) is 13.2. The van der Waals surface area contributed by atoms with E-state index < -0.39 is 0 Å². The van der Waals surface area contributed by atoms with E-state index in [9.17, 15) is 9.59 Å². The standard InChI is InChI=1S/C18H17NO3S/c1-22-16-4-2-3-5-17(16)23-11-15(20)13-6-8-14-12(10-13)7-9-18(21)19-14/h2-6,8,10H,7,9,11H2,1H3,(H,19,21). The smallest absolute Gasteiger partial charge is 0.224 e. The van der Waals surface area contributed by atoms with E-state index in [1.54, 1.807) is 13.2 Å². The average Bonchev–Trinajstić information content (AvgIpc) is 2.59. The lowest BCUT2D eigenvalue weighted by Gasteiger charge is -2.17. The van der Waals surface area contributed by atoms with Gasteiger partial charge in [0, 0.05) is 22.6 Å². The molecule has 4 nitrogen and oxygen atoms in total. The molecule has 0 aliphatic carbocycles. The Morgan fingerprint density at radius 3 is 2.87 bits per heavy atom. The zero-order valence-corrected chi connectivity index (χ0v) is 13.6. The molecule has 5 heteroatoms. The SMILES string of the molecule is COc1ccccc1SCC(=O)c1ccc2c(c1)CCC(=O)N2. The summed E-state index contributed by atoms with van der Waals surface area (Å²) in [5.41, 5.74) is 2.52. The van der Waals surface area contributed by atoms with Crippen molar-refractivity contribution < 1.29 is 14.3 Å². The fourth-order valence-corrected chi connectivity index (χ4v) is 3.44.